The van der Waals surface area contributed by atoms with E-state index in [0.717, 1.165) is 5.75 Å². The first-order valence-electron chi connectivity index (χ1n) is 4.24. The van der Waals surface area contributed by atoms with Gasteiger partial charge in [-0.1, -0.05) is 36.0 Å². The van der Waals surface area contributed by atoms with Crippen molar-refractivity contribution in [1.29, 1.82) is 0 Å². The first kappa shape index (κ1) is 11.8. The Morgan fingerprint density at radius 3 is 2.64 bits per heavy atom. The largest absolute Gasteiger partial charge is 0.288 e. The van der Waals surface area contributed by atoms with Gasteiger partial charge in [-0.2, -0.15) is 0 Å². The van der Waals surface area contributed by atoms with E-state index < -0.39 is 0 Å². The first-order valence-corrected chi connectivity index (χ1v) is 6.30. The molecule has 74 valence electrons. The van der Waals surface area contributed by atoms with Crippen molar-refractivity contribution < 1.29 is 4.79 Å². The molecule has 0 amide bonds. The summed E-state index contributed by atoms with van der Waals surface area (Å²) in [5, 5.41) is 0.164. The molecular weight excluding hydrogens is 307 g/mol. The summed E-state index contributed by atoms with van der Waals surface area (Å²) in [7, 11) is 0. The SMILES string of the molecule is CC(=O)SCC=Cc1ccc(I)cc1. The van der Waals surface area contributed by atoms with E-state index in [0.29, 0.717) is 0 Å². The molecule has 0 saturated heterocycles. The lowest BCUT2D eigenvalue weighted by Crippen LogP contribution is -1.81. The molecule has 0 bridgehead atoms. The maximum absolute atomic E-state index is 10.6. The van der Waals surface area contributed by atoms with Crippen LogP contribution in [-0.2, 0) is 4.79 Å². The third-order valence-electron chi connectivity index (χ3n) is 1.56. The Morgan fingerprint density at radius 2 is 2.07 bits per heavy atom. The Morgan fingerprint density at radius 1 is 1.43 bits per heavy atom. The standard InChI is InChI=1S/C11H11IOS/c1-9(13)14-8-2-3-10-4-6-11(12)7-5-10/h2-7H,8H2,1H3. The third kappa shape index (κ3) is 4.81. The molecule has 0 spiro atoms. The van der Waals surface area contributed by atoms with Crippen LogP contribution in [-0.4, -0.2) is 10.9 Å². The van der Waals surface area contributed by atoms with Crippen LogP contribution in [0.1, 0.15) is 12.5 Å². The fourth-order valence-electron chi connectivity index (χ4n) is 0.924. The van der Waals surface area contributed by atoms with E-state index >= 15 is 0 Å². The van der Waals surface area contributed by atoms with Crippen molar-refractivity contribution >= 4 is 45.5 Å². The van der Waals surface area contributed by atoms with Crippen molar-refractivity contribution in [3.8, 4) is 0 Å². The molecule has 0 radical (unpaired) electrons. The fourth-order valence-corrected chi connectivity index (χ4v) is 1.71. The van der Waals surface area contributed by atoms with Crippen molar-refractivity contribution in [2.75, 3.05) is 5.75 Å². The van der Waals surface area contributed by atoms with Gasteiger partial charge in [0, 0.05) is 16.2 Å². The Bertz CT molecular complexity index is 330. The zero-order chi connectivity index (χ0) is 10.4. The molecule has 0 unspecified atom stereocenters. The Kier molecular flexibility index (Phi) is 5.25. The van der Waals surface area contributed by atoms with Crippen molar-refractivity contribution in [2.24, 2.45) is 0 Å². The zero-order valence-electron chi connectivity index (χ0n) is 7.87. The smallest absolute Gasteiger partial charge is 0.186 e. The number of carbonyl (C=O) groups is 1. The van der Waals surface area contributed by atoms with E-state index in [1.54, 1.807) is 6.92 Å². The van der Waals surface area contributed by atoms with E-state index in [-0.39, 0.29) is 5.12 Å². The lowest BCUT2D eigenvalue weighted by Gasteiger charge is -1.93. The second-order valence-corrected chi connectivity index (χ2v) is 5.20. The maximum atomic E-state index is 10.6. The minimum Gasteiger partial charge on any atom is -0.288 e. The van der Waals surface area contributed by atoms with Crippen LogP contribution in [0.15, 0.2) is 30.3 Å². The summed E-state index contributed by atoms with van der Waals surface area (Å²) in [6, 6.07) is 8.27. The monoisotopic (exact) mass is 318 g/mol. The number of hydrogen-bond acceptors (Lipinski definition) is 2. The van der Waals surface area contributed by atoms with Gasteiger partial charge in [-0.05, 0) is 40.3 Å². The highest BCUT2D eigenvalue weighted by molar-refractivity contribution is 14.1. The molecule has 0 aromatic heterocycles. The molecule has 3 heteroatoms. The van der Waals surface area contributed by atoms with Crippen LogP contribution in [0.5, 0.6) is 0 Å². The summed E-state index contributed by atoms with van der Waals surface area (Å²) < 4.78 is 1.23. The van der Waals surface area contributed by atoms with Gasteiger partial charge in [0.15, 0.2) is 5.12 Å². The second kappa shape index (κ2) is 6.24. The first-order chi connectivity index (χ1) is 6.68. The Balaban J connectivity index is 2.44. The van der Waals surface area contributed by atoms with Gasteiger partial charge in [0.25, 0.3) is 0 Å². The highest BCUT2D eigenvalue weighted by Gasteiger charge is 1.90. The summed E-state index contributed by atoms with van der Waals surface area (Å²) in [5.41, 5.74) is 1.18. The summed E-state index contributed by atoms with van der Waals surface area (Å²) >= 11 is 3.60. The third-order valence-corrected chi connectivity index (χ3v) is 3.05. The molecule has 1 nitrogen and oxygen atoms in total. The van der Waals surface area contributed by atoms with E-state index in [9.17, 15) is 4.79 Å². The second-order valence-electron chi connectivity index (χ2n) is 2.76. The van der Waals surface area contributed by atoms with Crippen molar-refractivity contribution in [3.05, 3.63) is 39.5 Å². The van der Waals surface area contributed by atoms with Crippen LogP contribution in [0.25, 0.3) is 6.08 Å². The van der Waals surface area contributed by atoms with Gasteiger partial charge in [0.2, 0.25) is 0 Å². The van der Waals surface area contributed by atoms with Gasteiger partial charge in [0.05, 0.1) is 0 Å². The minimum atomic E-state index is 0.164. The van der Waals surface area contributed by atoms with Crippen molar-refractivity contribution in [2.45, 2.75) is 6.92 Å². The normalized spacial score (nSPS) is 10.7. The molecular formula is C11H11IOS. The summed E-state index contributed by atoms with van der Waals surface area (Å²) in [5.74, 6) is 0.751. The van der Waals surface area contributed by atoms with Gasteiger partial charge in [-0.3, -0.25) is 4.79 Å². The predicted molar refractivity (Wildman–Crippen MR) is 71.3 cm³/mol. The molecule has 0 heterocycles. The van der Waals surface area contributed by atoms with Gasteiger partial charge >= 0.3 is 0 Å². The number of benzene rings is 1. The highest BCUT2D eigenvalue weighted by Crippen LogP contribution is 2.09. The molecule has 0 aliphatic rings. The lowest BCUT2D eigenvalue weighted by molar-refractivity contribution is -0.109. The van der Waals surface area contributed by atoms with E-state index in [4.69, 9.17) is 0 Å². The van der Waals surface area contributed by atoms with Crippen LogP contribution in [0.2, 0.25) is 0 Å². The molecule has 14 heavy (non-hydrogen) atoms. The van der Waals surface area contributed by atoms with Crippen LogP contribution >= 0.6 is 34.4 Å². The van der Waals surface area contributed by atoms with E-state index in [1.807, 2.05) is 12.2 Å². The zero-order valence-corrected chi connectivity index (χ0v) is 10.8. The van der Waals surface area contributed by atoms with Crippen LogP contribution in [0.3, 0.4) is 0 Å². The number of carbonyl (C=O) groups excluding carboxylic acids is 1. The summed E-state index contributed by atoms with van der Waals surface area (Å²) in [4.78, 5) is 10.6. The minimum absolute atomic E-state index is 0.164. The maximum Gasteiger partial charge on any atom is 0.186 e. The molecule has 1 rings (SSSR count). The summed E-state index contributed by atoms with van der Waals surface area (Å²) in [6.07, 6.45) is 4.04. The average molecular weight is 318 g/mol. The number of halogens is 1. The molecule has 1 aromatic rings. The molecule has 0 saturated carbocycles. The van der Waals surface area contributed by atoms with Gasteiger partial charge in [0.1, 0.15) is 0 Å². The topological polar surface area (TPSA) is 17.1 Å². The fraction of sp³-hybridized carbons (Fsp3) is 0.182. The lowest BCUT2D eigenvalue weighted by atomic mass is 10.2. The van der Waals surface area contributed by atoms with Crippen LogP contribution < -0.4 is 0 Å². The highest BCUT2D eigenvalue weighted by atomic mass is 127. The Labute approximate surface area is 102 Å². The molecule has 1 aromatic carbocycles. The van der Waals surface area contributed by atoms with E-state index in [1.165, 1.54) is 20.9 Å². The Hall–Kier alpha value is -0.290. The molecule has 0 atom stereocenters. The molecule has 0 fully saturated rings. The molecule has 0 N–H and O–H groups in total. The van der Waals surface area contributed by atoms with Gasteiger partial charge in [-0.15, -0.1) is 0 Å². The number of rotatable bonds is 3. The summed E-state index contributed by atoms with van der Waals surface area (Å²) in [6.45, 7) is 1.59. The van der Waals surface area contributed by atoms with Crippen molar-refractivity contribution in [1.82, 2.24) is 0 Å². The average Bonchev–Trinajstić information content (AvgIpc) is 2.15. The predicted octanol–water partition coefficient (Wildman–Crippen LogP) is 3.58. The van der Waals surface area contributed by atoms with E-state index in [2.05, 4.69) is 46.9 Å². The van der Waals surface area contributed by atoms with Crippen molar-refractivity contribution in [3.63, 3.8) is 0 Å². The quantitative estimate of drug-likeness (QED) is 0.793. The molecule has 0 aliphatic carbocycles. The number of thioether (sulfide) groups is 1. The number of hydrogen-bond donors (Lipinski definition) is 0. The van der Waals surface area contributed by atoms with Gasteiger partial charge in [-0.25, -0.2) is 0 Å². The van der Waals surface area contributed by atoms with Gasteiger partial charge < -0.3 is 0 Å². The molecule has 0 aliphatic heterocycles. The van der Waals surface area contributed by atoms with Crippen LogP contribution in [0.4, 0.5) is 0 Å². The van der Waals surface area contributed by atoms with Crippen LogP contribution in [0, 0.1) is 3.57 Å².